The van der Waals surface area contributed by atoms with Crippen molar-refractivity contribution in [3.63, 3.8) is 0 Å². The van der Waals surface area contributed by atoms with Gasteiger partial charge in [0.1, 0.15) is 23.2 Å². The Kier molecular flexibility index (Phi) is 6.10. The van der Waals surface area contributed by atoms with E-state index in [1.807, 2.05) is 40.9 Å². The molecule has 2 N–H and O–H groups in total. The molecule has 8 nitrogen and oxygen atoms in total. The molecular weight excluding hydrogens is 450 g/mol. The van der Waals surface area contributed by atoms with Crippen LogP contribution in [0.1, 0.15) is 23.7 Å². The van der Waals surface area contributed by atoms with Crippen LogP contribution >= 0.6 is 0 Å². The molecule has 1 amide bonds. The highest BCUT2D eigenvalue weighted by atomic mass is 16.2. The monoisotopic (exact) mass is 471 g/mol. The Balaban J connectivity index is 1.62. The number of benzene rings is 1. The zero-order valence-electron chi connectivity index (χ0n) is 19.6. The average molecular weight is 472 g/mol. The minimum atomic E-state index is -0.378. The molecule has 0 saturated heterocycles. The second-order valence-electron chi connectivity index (χ2n) is 8.18. The third kappa shape index (κ3) is 4.49. The van der Waals surface area contributed by atoms with Crippen LogP contribution in [-0.4, -0.2) is 38.3 Å². The lowest BCUT2D eigenvalue weighted by Crippen LogP contribution is -2.35. The van der Waals surface area contributed by atoms with E-state index in [9.17, 15) is 10.1 Å². The summed E-state index contributed by atoms with van der Waals surface area (Å²) in [6, 6.07) is 16.7. The van der Waals surface area contributed by atoms with Gasteiger partial charge in [0, 0.05) is 35.1 Å². The fourth-order valence-electron chi connectivity index (χ4n) is 3.73. The van der Waals surface area contributed by atoms with E-state index in [-0.39, 0.29) is 11.9 Å². The first-order valence-electron chi connectivity index (χ1n) is 11.3. The van der Waals surface area contributed by atoms with E-state index in [0.29, 0.717) is 22.7 Å². The van der Waals surface area contributed by atoms with Crippen molar-refractivity contribution in [2.24, 2.45) is 0 Å². The Bertz CT molecular complexity index is 1720. The number of likely N-dealkylation sites (N-methyl/N-ethyl adjacent to an activating group) is 1. The summed E-state index contributed by atoms with van der Waals surface area (Å²) in [6.45, 7) is 1.77. The van der Waals surface area contributed by atoms with E-state index < -0.39 is 0 Å². The van der Waals surface area contributed by atoms with E-state index in [1.165, 1.54) is 0 Å². The van der Waals surface area contributed by atoms with E-state index >= 15 is 0 Å². The molecule has 5 aromatic rings. The Hall–Kier alpha value is -5.05. The van der Waals surface area contributed by atoms with Crippen molar-refractivity contribution >= 4 is 28.1 Å². The first-order valence-corrected chi connectivity index (χ1v) is 11.3. The van der Waals surface area contributed by atoms with Crippen molar-refractivity contribution in [3.05, 3.63) is 90.1 Å². The summed E-state index contributed by atoms with van der Waals surface area (Å²) < 4.78 is 1.84. The van der Waals surface area contributed by atoms with Gasteiger partial charge in [-0.2, -0.15) is 5.26 Å². The van der Waals surface area contributed by atoms with Crippen LogP contribution in [-0.2, 0) is 4.79 Å². The van der Waals surface area contributed by atoms with Gasteiger partial charge >= 0.3 is 0 Å². The number of amides is 1. The molecule has 174 valence electrons. The fourth-order valence-corrected chi connectivity index (χ4v) is 3.73. The summed E-state index contributed by atoms with van der Waals surface area (Å²) in [4.78, 5) is 25.7. The number of pyridine rings is 3. The van der Waals surface area contributed by atoms with E-state index in [0.717, 1.165) is 27.6 Å². The molecule has 0 radical (unpaired) electrons. The summed E-state index contributed by atoms with van der Waals surface area (Å²) in [5, 5.41) is 17.2. The number of anilines is 1. The summed E-state index contributed by atoms with van der Waals surface area (Å²) in [6.07, 6.45) is 7.02. The quantitative estimate of drug-likeness (QED) is 0.387. The number of hydrogen-bond acceptors (Lipinski definition) is 6. The molecule has 4 aromatic heterocycles. The van der Waals surface area contributed by atoms with Gasteiger partial charge < -0.3 is 10.6 Å². The number of aromatic nitrogens is 4. The molecule has 8 heteroatoms. The van der Waals surface area contributed by atoms with Crippen LogP contribution < -0.4 is 10.6 Å². The maximum absolute atomic E-state index is 12.4. The maximum atomic E-state index is 12.4. The zero-order chi connectivity index (χ0) is 25.1. The Morgan fingerprint density at radius 3 is 2.72 bits per heavy atom. The molecule has 0 aliphatic rings. The summed E-state index contributed by atoms with van der Waals surface area (Å²) in [5.74, 6) is 6.58. The SMILES string of the molecule is CNC(C)C(=O)Nc1ccc(-c2cnc3ccc(C#N)cn23)c(C#Cc2ccc3cnccc3c2)n1. The molecular formula is C28H21N7O. The number of nitrogens with one attached hydrogen (secondary N) is 2. The number of nitriles is 1. The fraction of sp³-hybridized carbons (Fsp3) is 0.107. The van der Waals surface area contributed by atoms with Gasteiger partial charge in [-0.1, -0.05) is 12.0 Å². The van der Waals surface area contributed by atoms with Crippen LogP contribution in [0.2, 0.25) is 0 Å². The first kappa shape index (κ1) is 22.7. The lowest BCUT2D eigenvalue weighted by atomic mass is 10.1. The highest BCUT2D eigenvalue weighted by Gasteiger charge is 2.15. The maximum Gasteiger partial charge on any atom is 0.242 e. The number of carbonyl (C=O) groups is 1. The smallest absolute Gasteiger partial charge is 0.242 e. The lowest BCUT2D eigenvalue weighted by molar-refractivity contribution is -0.117. The molecule has 0 saturated carbocycles. The second kappa shape index (κ2) is 9.67. The minimum absolute atomic E-state index is 0.201. The van der Waals surface area contributed by atoms with Crippen molar-refractivity contribution in [2.75, 3.05) is 12.4 Å². The average Bonchev–Trinajstić information content (AvgIpc) is 3.34. The molecule has 5 rings (SSSR count). The van der Waals surface area contributed by atoms with Crippen molar-refractivity contribution in [1.29, 1.82) is 5.26 Å². The topological polar surface area (TPSA) is 108 Å². The number of imidazole rings is 1. The van der Waals surface area contributed by atoms with Gasteiger partial charge in [0.05, 0.1) is 23.5 Å². The Morgan fingerprint density at radius 2 is 1.89 bits per heavy atom. The zero-order valence-corrected chi connectivity index (χ0v) is 19.6. The predicted octanol–water partition coefficient (Wildman–Crippen LogP) is 3.76. The van der Waals surface area contributed by atoms with E-state index in [2.05, 4.69) is 43.5 Å². The molecule has 1 unspecified atom stereocenters. The molecule has 0 aliphatic heterocycles. The van der Waals surface area contributed by atoms with Crippen LogP contribution in [0.3, 0.4) is 0 Å². The van der Waals surface area contributed by atoms with Gasteiger partial charge in [0.2, 0.25) is 5.91 Å². The van der Waals surface area contributed by atoms with Crippen molar-refractivity contribution in [3.8, 4) is 29.2 Å². The number of rotatable bonds is 4. The van der Waals surface area contributed by atoms with Crippen LogP contribution in [0.5, 0.6) is 0 Å². The van der Waals surface area contributed by atoms with Gasteiger partial charge in [0.25, 0.3) is 0 Å². The van der Waals surface area contributed by atoms with Gasteiger partial charge in [-0.15, -0.1) is 0 Å². The highest BCUT2D eigenvalue weighted by molar-refractivity contribution is 5.94. The summed E-state index contributed by atoms with van der Waals surface area (Å²) in [5.41, 5.74) is 3.98. The lowest BCUT2D eigenvalue weighted by Gasteiger charge is -2.12. The standard InChI is InChI=1S/C28H21N7O/c1-18(30-2)28(36)34-26-9-7-23(25-16-32-27-10-5-20(14-29)17-35(25)27)24(33-26)8-4-19-3-6-22-15-31-12-11-21(22)13-19/h3,5-7,9-13,15-18,30H,1-2H3,(H,33,34,36). The molecule has 0 aliphatic carbocycles. The number of carbonyl (C=O) groups excluding carboxylic acids is 1. The molecule has 0 bridgehead atoms. The summed E-state index contributed by atoms with van der Waals surface area (Å²) in [7, 11) is 1.72. The van der Waals surface area contributed by atoms with E-state index in [1.54, 1.807) is 50.8 Å². The number of fused-ring (bicyclic) bond motifs is 2. The normalized spacial score (nSPS) is 11.5. The molecule has 1 aromatic carbocycles. The van der Waals surface area contributed by atoms with Gasteiger partial charge in [-0.3, -0.25) is 14.2 Å². The second-order valence-corrected chi connectivity index (χ2v) is 8.18. The van der Waals surface area contributed by atoms with Crippen LogP contribution in [0.25, 0.3) is 27.7 Å². The van der Waals surface area contributed by atoms with Crippen LogP contribution in [0.4, 0.5) is 5.82 Å². The highest BCUT2D eigenvalue weighted by Crippen LogP contribution is 2.26. The number of hydrogen-bond donors (Lipinski definition) is 2. The molecule has 1 atom stereocenters. The van der Waals surface area contributed by atoms with Gasteiger partial charge in [-0.25, -0.2) is 9.97 Å². The van der Waals surface area contributed by atoms with Crippen molar-refractivity contribution in [1.82, 2.24) is 24.7 Å². The molecule has 0 spiro atoms. The van der Waals surface area contributed by atoms with Crippen molar-refractivity contribution in [2.45, 2.75) is 13.0 Å². The van der Waals surface area contributed by atoms with Crippen LogP contribution in [0, 0.1) is 23.2 Å². The van der Waals surface area contributed by atoms with Gasteiger partial charge in [0.15, 0.2) is 0 Å². The first-order chi connectivity index (χ1) is 17.6. The number of nitrogens with zero attached hydrogens (tertiary/aromatic N) is 5. The van der Waals surface area contributed by atoms with Crippen molar-refractivity contribution < 1.29 is 4.79 Å². The molecule has 0 fully saturated rings. The Morgan fingerprint density at radius 1 is 1.03 bits per heavy atom. The van der Waals surface area contributed by atoms with E-state index in [4.69, 9.17) is 0 Å². The summed E-state index contributed by atoms with van der Waals surface area (Å²) >= 11 is 0. The minimum Gasteiger partial charge on any atom is -0.309 e. The largest absolute Gasteiger partial charge is 0.309 e. The van der Waals surface area contributed by atoms with Crippen LogP contribution in [0.15, 0.2) is 73.3 Å². The molecule has 4 heterocycles. The molecule has 36 heavy (non-hydrogen) atoms. The third-order valence-electron chi connectivity index (χ3n) is 5.85. The predicted molar refractivity (Wildman–Crippen MR) is 138 cm³/mol. The third-order valence-corrected chi connectivity index (χ3v) is 5.85. The Labute approximate surface area is 207 Å². The van der Waals surface area contributed by atoms with Gasteiger partial charge in [-0.05, 0) is 67.7 Å².